The van der Waals surface area contributed by atoms with Crippen molar-refractivity contribution in [2.24, 2.45) is 5.92 Å². The Bertz CT molecular complexity index is 1400. The molecule has 2 fully saturated rings. The number of nitrogens with zero attached hydrogens (tertiary/aromatic N) is 2. The minimum atomic E-state index is -0.718. The molecule has 1 unspecified atom stereocenters. The maximum absolute atomic E-state index is 13.5. The smallest absolute Gasteiger partial charge is 0.295 e. The summed E-state index contributed by atoms with van der Waals surface area (Å²) >= 11 is 0. The SMILES string of the molecule is CC(C)COc1ccc(C(O)=C2C(=O)C(=O)N(CCCN3CCOCC3)C2c2ccc(OCc3ccccc3)cc2)cc1. The van der Waals surface area contributed by atoms with Crippen LogP contribution in [0.5, 0.6) is 11.5 Å². The fraction of sp³-hybridized carbons (Fsp3) is 0.371. The Morgan fingerprint density at radius 3 is 2.21 bits per heavy atom. The van der Waals surface area contributed by atoms with Crippen molar-refractivity contribution in [3.05, 3.63) is 101 Å². The highest BCUT2D eigenvalue weighted by atomic mass is 16.5. The lowest BCUT2D eigenvalue weighted by atomic mass is 9.95. The van der Waals surface area contributed by atoms with Crippen LogP contribution in [0.4, 0.5) is 0 Å². The number of likely N-dealkylation sites (tertiary alicyclic amines) is 1. The molecule has 226 valence electrons. The summed E-state index contributed by atoms with van der Waals surface area (Å²) in [6, 6.07) is 23.6. The molecule has 3 aromatic rings. The summed E-state index contributed by atoms with van der Waals surface area (Å²) in [6.45, 7) is 9.43. The predicted molar refractivity (Wildman–Crippen MR) is 165 cm³/mol. The highest BCUT2D eigenvalue weighted by Crippen LogP contribution is 2.40. The second-order valence-electron chi connectivity index (χ2n) is 11.4. The molecule has 2 saturated heterocycles. The minimum absolute atomic E-state index is 0.0881. The van der Waals surface area contributed by atoms with Gasteiger partial charge in [0.15, 0.2) is 0 Å². The van der Waals surface area contributed by atoms with Crippen molar-refractivity contribution in [1.29, 1.82) is 0 Å². The van der Waals surface area contributed by atoms with Crippen LogP contribution in [-0.2, 0) is 20.9 Å². The van der Waals surface area contributed by atoms with Gasteiger partial charge in [-0.3, -0.25) is 14.5 Å². The number of aliphatic hydroxyl groups is 1. The number of morpholine rings is 1. The largest absolute Gasteiger partial charge is 0.507 e. The van der Waals surface area contributed by atoms with Gasteiger partial charge in [0.1, 0.15) is 23.9 Å². The van der Waals surface area contributed by atoms with Crippen LogP contribution in [0.15, 0.2) is 84.4 Å². The molecule has 2 aliphatic rings. The number of Topliss-reactive ketones (excluding diaryl/α,β-unsaturated/α-hetero) is 1. The Hall–Kier alpha value is -4.14. The van der Waals surface area contributed by atoms with E-state index in [1.807, 2.05) is 54.6 Å². The lowest BCUT2D eigenvalue weighted by Gasteiger charge is -2.29. The van der Waals surface area contributed by atoms with Gasteiger partial charge in [-0.05, 0) is 59.9 Å². The van der Waals surface area contributed by atoms with Crippen molar-refractivity contribution in [3.8, 4) is 11.5 Å². The maximum atomic E-state index is 13.5. The van der Waals surface area contributed by atoms with Gasteiger partial charge in [-0.25, -0.2) is 0 Å². The summed E-state index contributed by atoms with van der Waals surface area (Å²) in [5.41, 5.74) is 2.33. The molecule has 8 nitrogen and oxygen atoms in total. The van der Waals surface area contributed by atoms with E-state index in [0.717, 1.165) is 30.8 Å². The van der Waals surface area contributed by atoms with Gasteiger partial charge in [-0.2, -0.15) is 0 Å². The average Bonchev–Trinajstić information content (AvgIpc) is 3.29. The van der Waals surface area contributed by atoms with E-state index in [1.165, 1.54) is 0 Å². The Kier molecular flexibility index (Phi) is 10.1. The molecule has 0 radical (unpaired) electrons. The molecule has 0 aromatic heterocycles. The van der Waals surface area contributed by atoms with Gasteiger partial charge >= 0.3 is 0 Å². The Labute approximate surface area is 253 Å². The highest BCUT2D eigenvalue weighted by Gasteiger charge is 2.45. The standard InChI is InChI=1S/C35H40N2O6/c1-25(2)23-42-29-15-11-28(12-16-29)33(38)31-32(27-9-13-30(14-10-27)43-24-26-7-4-3-5-8-26)37(35(40)34(31)39)18-6-17-36-19-21-41-22-20-36/h3-5,7-16,25,32,38H,6,17-24H2,1-2H3. The first-order valence-corrected chi connectivity index (χ1v) is 15.0. The van der Waals surface area contributed by atoms with Crippen LogP contribution in [0.2, 0.25) is 0 Å². The van der Waals surface area contributed by atoms with Crippen molar-refractivity contribution in [2.45, 2.75) is 32.9 Å². The Balaban J connectivity index is 1.40. The molecule has 3 aromatic carbocycles. The number of carbonyl (C=O) groups excluding carboxylic acids is 2. The quantitative estimate of drug-likeness (QED) is 0.172. The zero-order chi connectivity index (χ0) is 30.2. The molecule has 0 aliphatic carbocycles. The highest BCUT2D eigenvalue weighted by molar-refractivity contribution is 6.46. The van der Waals surface area contributed by atoms with Crippen LogP contribution in [0.3, 0.4) is 0 Å². The first kappa shape index (κ1) is 30.3. The summed E-state index contributed by atoms with van der Waals surface area (Å²) in [5, 5.41) is 11.5. The van der Waals surface area contributed by atoms with Gasteiger partial charge in [0.05, 0.1) is 31.4 Å². The van der Waals surface area contributed by atoms with E-state index in [0.29, 0.717) is 62.4 Å². The fourth-order valence-corrected chi connectivity index (χ4v) is 5.36. The molecular formula is C35H40N2O6. The topological polar surface area (TPSA) is 88.5 Å². The van der Waals surface area contributed by atoms with Crippen LogP contribution < -0.4 is 9.47 Å². The van der Waals surface area contributed by atoms with E-state index in [1.54, 1.807) is 29.2 Å². The van der Waals surface area contributed by atoms with Crippen LogP contribution in [0, 0.1) is 5.92 Å². The third-order valence-electron chi connectivity index (χ3n) is 7.67. The van der Waals surface area contributed by atoms with Gasteiger partial charge in [0.25, 0.3) is 11.7 Å². The van der Waals surface area contributed by atoms with Crippen molar-refractivity contribution in [2.75, 3.05) is 46.0 Å². The predicted octanol–water partition coefficient (Wildman–Crippen LogP) is 5.44. The second kappa shape index (κ2) is 14.4. The molecule has 8 heteroatoms. The number of ether oxygens (including phenoxy) is 3. The molecule has 2 heterocycles. The summed E-state index contributed by atoms with van der Waals surface area (Å²) in [7, 11) is 0. The molecule has 1 atom stereocenters. The lowest BCUT2D eigenvalue weighted by molar-refractivity contribution is -0.140. The summed E-state index contributed by atoms with van der Waals surface area (Å²) in [4.78, 5) is 30.8. The van der Waals surface area contributed by atoms with Crippen molar-refractivity contribution in [3.63, 3.8) is 0 Å². The number of hydrogen-bond donors (Lipinski definition) is 1. The van der Waals surface area contributed by atoms with E-state index in [-0.39, 0.29) is 11.3 Å². The van der Waals surface area contributed by atoms with Crippen LogP contribution in [0.25, 0.3) is 5.76 Å². The molecular weight excluding hydrogens is 544 g/mol. The number of hydrogen-bond acceptors (Lipinski definition) is 7. The maximum Gasteiger partial charge on any atom is 0.295 e. The molecule has 0 bridgehead atoms. The van der Waals surface area contributed by atoms with Gasteiger partial charge in [0, 0.05) is 31.7 Å². The molecule has 1 N–H and O–H groups in total. The van der Waals surface area contributed by atoms with Gasteiger partial charge in [-0.1, -0.05) is 56.3 Å². The average molecular weight is 585 g/mol. The first-order valence-electron chi connectivity index (χ1n) is 15.0. The number of ketones is 1. The number of amides is 1. The van der Waals surface area contributed by atoms with E-state index < -0.39 is 17.7 Å². The Morgan fingerprint density at radius 1 is 0.884 bits per heavy atom. The van der Waals surface area contributed by atoms with E-state index in [4.69, 9.17) is 14.2 Å². The molecule has 0 saturated carbocycles. The number of carbonyl (C=O) groups is 2. The molecule has 5 rings (SSSR count). The lowest BCUT2D eigenvalue weighted by Crippen LogP contribution is -2.38. The number of benzene rings is 3. The first-order chi connectivity index (χ1) is 20.9. The molecule has 43 heavy (non-hydrogen) atoms. The number of rotatable bonds is 12. The van der Waals surface area contributed by atoms with Crippen molar-refractivity contribution in [1.82, 2.24) is 9.80 Å². The summed E-state index contributed by atoms with van der Waals surface area (Å²) in [6.07, 6.45) is 0.698. The van der Waals surface area contributed by atoms with Crippen LogP contribution >= 0.6 is 0 Å². The minimum Gasteiger partial charge on any atom is -0.507 e. The molecule has 2 aliphatic heterocycles. The molecule has 1 amide bonds. The van der Waals surface area contributed by atoms with E-state index in [9.17, 15) is 14.7 Å². The zero-order valence-electron chi connectivity index (χ0n) is 24.9. The summed E-state index contributed by atoms with van der Waals surface area (Å²) < 4.78 is 17.2. The van der Waals surface area contributed by atoms with Gasteiger partial charge in [-0.15, -0.1) is 0 Å². The summed E-state index contributed by atoms with van der Waals surface area (Å²) in [5.74, 6) is 0.250. The van der Waals surface area contributed by atoms with Crippen molar-refractivity contribution < 1.29 is 28.9 Å². The second-order valence-corrected chi connectivity index (χ2v) is 11.4. The monoisotopic (exact) mass is 584 g/mol. The number of aliphatic hydroxyl groups excluding tert-OH is 1. The fourth-order valence-electron chi connectivity index (χ4n) is 5.36. The van der Waals surface area contributed by atoms with Gasteiger partial charge < -0.3 is 24.2 Å². The van der Waals surface area contributed by atoms with Crippen LogP contribution in [0.1, 0.15) is 43.0 Å². The molecule has 0 spiro atoms. The third-order valence-corrected chi connectivity index (χ3v) is 7.67. The van der Waals surface area contributed by atoms with Gasteiger partial charge in [0.2, 0.25) is 0 Å². The van der Waals surface area contributed by atoms with Crippen LogP contribution in [-0.4, -0.2) is 72.6 Å². The Morgan fingerprint density at radius 2 is 1.53 bits per heavy atom. The van der Waals surface area contributed by atoms with E-state index >= 15 is 0 Å². The van der Waals surface area contributed by atoms with Crippen molar-refractivity contribution >= 4 is 17.4 Å². The zero-order valence-corrected chi connectivity index (χ0v) is 24.9. The van der Waals surface area contributed by atoms with E-state index in [2.05, 4.69) is 18.7 Å². The third kappa shape index (κ3) is 7.63. The normalized spacial score (nSPS) is 18.8.